The third-order valence-corrected chi connectivity index (χ3v) is 5.50. The molecule has 0 heterocycles. The van der Waals surface area contributed by atoms with Crippen LogP contribution in [0.25, 0.3) is 0 Å². The van der Waals surface area contributed by atoms with Crippen LogP contribution in [0.3, 0.4) is 0 Å². The molecule has 8 nitrogen and oxygen atoms in total. The molecular weight excluding hydrogens is 397 g/mol. The number of carbonyl (C=O) groups is 1. The third-order valence-electron chi connectivity index (χ3n) is 4.50. The SMILES string of the molecule is CCCCCCCCCCCC(=O)C(C[N+](C)(C)C)OP(=O)(O)OC[C@H](O)CO. The molecule has 29 heavy (non-hydrogen) atoms. The molecular formula is C20H43NO7P+. The van der Waals surface area contributed by atoms with Gasteiger partial charge in [-0.05, 0) is 6.42 Å². The second kappa shape index (κ2) is 15.5. The Labute approximate surface area is 176 Å². The van der Waals surface area contributed by atoms with Gasteiger partial charge in [0.25, 0.3) is 0 Å². The van der Waals surface area contributed by atoms with Gasteiger partial charge in [-0.25, -0.2) is 4.57 Å². The molecule has 0 rings (SSSR count). The Morgan fingerprint density at radius 2 is 1.52 bits per heavy atom. The summed E-state index contributed by atoms with van der Waals surface area (Å²) in [7, 11) is 1.06. The molecule has 0 saturated carbocycles. The van der Waals surface area contributed by atoms with E-state index in [4.69, 9.17) is 14.2 Å². The number of hydrogen-bond donors (Lipinski definition) is 3. The fourth-order valence-corrected chi connectivity index (χ4v) is 3.81. The van der Waals surface area contributed by atoms with Crippen molar-refractivity contribution < 1.29 is 38.0 Å². The molecule has 0 aliphatic rings. The zero-order chi connectivity index (χ0) is 22.3. The van der Waals surface area contributed by atoms with Crippen LogP contribution in [0.2, 0.25) is 0 Å². The zero-order valence-electron chi connectivity index (χ0n) is 18.7. The summed E-state index contributed by atoms with van der Waals surface area (Å²) in [5, 5.41) is 18.0. The summed E-state index contributed by atoms with van der Waals surface area (Å²) in [5.41, 5.74) is 0. The van der Waals surface area contributed by atoms with E-state index in [1.807, 2.05) is 21.1 Å². The van der Waals surface area contributed by atoms with Crippen molar-refractivity contribution in [3.63, 3.8) is 0 Å². The topological polar surface area (TPSA) is 113 Å². The number of phosphoric acid groups is 1. The van der Waals surface area contributed by atoms with Crippen molar-refractivity contribution >= 4 is 13.6 Å². The first kappa shape index (κ1) is 28.7. The van der Waals surface area contributed by atoms with Crippen molar-refractivity contribution in [2.24, 2.45) is 0 Å². The molecule has 0 radical (unpaired) electrons. The van der Waals surface area contributed by atoms with Gasteiger partial charge in [-0.1, -0.05) is 58.3 Å². The van der Waals surface area contributed by atoms with Crippen molar-refractivity contribution in [3.05, 3.63) is 0 Å². The highest BCUT2D eigenvalue weighted by molar-refractivity contribution is 7.47. The van der Waals surface area contributed by atoms with E-state index in [1.165, 1.54) is 38.5 Å². The number of rotatable bonds is 19. The Bertz CT molecular complexity index is 482. The average molecular weight is 441 g/mol. The van der Waals surface area contributed by atoms with Gasteiger partial charge < -0.3 is 19.6 Å². The highest BCUT2D eigenvalue weighted by atomic mass is 31.2. The van der Waals surface area contributed by atoms with Crippen LogP contribution in [-0.2, 0) is 18.4 Å². The van der Waals surface area contributed by atoms with Gasteiger partial charge in [0.2, 0.25) is 0 Å². The zero-order valence-corrected chi connectivity index (χ0v) is 19.6. The Balaban J connectivity index is 4.42. The van der Waals surface area contributed by atoms with Gasteiger partial charge in [-0.15, -0.1) is 0 Å². The minimum absolute atomic E-state index is 0.221. The predicted molar refractivity (Wildman–Crippen MR) is 113 cm³/mol. The van der Waals surface area contributed by atoms with Crippen molar-refractivity contribution in [2.75, 3.05) is 40.9 Å². The molecule has 2 unspecified atom stereocenters. The fourth-order valence-electron chi connectivity index (χ4n) is 2.89. The van der Waals surface area contributed by atoms with Gasteiger partial charge >= 0.3 is 7.82 Å². The number of aliphatic hydroxyl groups excluding tert-OH is 2. The number of Topliss-reactive ketones (excluding diaryl/α,β-unsaturated/α-hetero) is 1. The van der Waals surface area contributed by atoms with E-state index in [0.29, 0.717) is 10.9 Å². The lowest BCUT2D eigenvalue weighted by Crippen LogP contribution is -2.45. The maximum absolute atomic E-state index is 12.6. The fraction of sp³-hybridized carbons (Fsp3) is 0.950. The molecule has 0 aliphatic heterocycles. The van der Waals surface area contributed by atoms with Crippen LogP contribution in [0, 0.1) is 0 Å². The van der Waals surface area contributed by atoms with E-state index < -0.39 is 33.2 Å². The van der Waals surface area contributed by atoms with E-state index >= 15 is 0 Å². The second-order valence-electron chi connectivity index (χ2n) is 8.71. The van der Waals surface area contributed by atoms with Crippen LogP contribution in [0.5, 0.6) is 0 Å². The number of carbonyl (C=O) groups excluding carboxylic acids is 1. The molecule has 0 aromatic carbocycles. The number of aliphatic hydroxyl groups is 2. The third kappa shape index (κ3) is 17.1. The Kier molecular flexibility index (Phi) is 15.3. The van der Waals surface area contributed by atoms with E-state index in [2.05, 4.69) is 6.92 Å². The normalized spacial score (nSPS) is 16.4. The lowest BCUT2D eigenvalue weighted by atomic mass is 10.0. The van der Waals surface area contributed by atoms with Crippen LogP contribution in [0.15, 0.2) is 0 Å². The molecule has 0 saturated heterocycles. The summed E-state index contributed by atoms with van der Waals surface area (Å²) in [6.45, 7) is 1.28. The van der Waals surface area contributed by atoms with Gasteiger partial charge in [-0.2, -0.15) is 0 Å². The van der Waals surface area contributed by atoms with E-state index in [1.54, 1.807) is 0 Å². The van der Waals surface area contributed by atoms with Gasteiger partial charge in [0.15, 0.2) is 11.9 Å². The summed E-state index contributed by atoms with van der Waals surface area (Å²) in [4.78, 5) is 22.5. The van der Waals surface area contributed by atoms with Gasteiger partial charge in [0.1, 0.15) is 12.6 Å². The first-order valence-corrected chi connectivity index (χ1v) is 12.3. The van der Waals surface area contributed by atoms with E-state index in [9.17, 15) is 19.4 Å². The van der Waals surface area contributed by atoms with Crippen LogP contribution >= 0.6 is 7.82 Å². The molecule has 0 aromatic rings. The van der Waals surface area contributed by atoms with Crippen LogP contribution in [0.4, 0.5) is 0 Å². The number of quaternary nitrogens is 1. The summed E-state index contributed by atoms with van der Waals surface area (Å²) in [6.07, 6.45) is 8.19. The largest absolute Gasteiger partial charge is 0.473 e. The molecule has 0 fully saturated rings. The Morgan fingerprint density at radius 3 is 2.00 bits per heavy atom. The van der Waals surface area contributed by atoms with Crippen LogP contribution in [-0.4, -0.2) is 78.5 Å². The van der Waals surface area contributed by atoms with Crippen molar-refractivity contribution in [1.82, 2.24) is 0 Å². The standard InChI is InChI=1S/C20H42NO7P/c1-5-6-7-8-9-10-11-12-13-14-19(24)20(15-21(2,3)4)28-29(25,26)27-17-18(23)16-22/h18,20,22-23H,5-17H2,1-4H3/p+1/t18-,20?/m1/s1. The maximum atomic E-state index is 12.6. The molecule has 0 aliphatic carbocycles. The molecule has 0 spiro atoms. The smallest absolute Gasteiger partial charge is 0.394 e. The Hall–Kier alpha value is -0.340. The number of phosphoric ester groups is 1. The molecule has 0 aromatic heterocycles. The number of nitrogens with zero attached hydrogens (tertiary/aromatic N) is 1. The highest BCUT2D eigenvalue weighted by Crippen LogP contribution is 2.45. The van der Waals surface area contributed by atoms with Gasteiger partial charge in [0, 0.05) is 6.42 Å². The lowest BCUT2D eigenvalue weighted by Gasteiger charge is -2.29. The maximum Gasteiger partial charge on any atom is 0.473 e. The monoisotopic (exact) mass is 440 g/mol. The lowest BCUT2D eigenvalue weighted by molar-refractivity contribution is -0.872. The van der Waals surface area contributed by atoms with Crippen molar-refractivity contribution in [2.45, 2.75) is 83.3 Å². The van der Waals surface area contributed by atoms with E-state index in [-0.39, 0.29) is 12.3 Å². The molecule has 3 N–H and O–H groups in total. The highest BCUT2D eigenvalue weighted by Gasteiger charge is 2.34. The van der Waals surface area contributed by atoms with E-state index in [0.717, 1.165) is 19.3 Å². The van der Waals surface area contributed by atoms with Gasteiger partial charge in [0.05, 0.1) is 34.4 Å². The Morgan fingerprint density at radius 1 is 1.00 bits per heavy atom. The first-order chi connectivity index (χ1) is 13.5. The summed E-state index contributed by atoms with van der Waals surface area (Å²) < 4.78 is 22.3. The molecule has 9 heteroatoms. The number of likely N-dealkylation sites (N-methyl/N-ethyl adjacent to an activating group) is 1. The molecule has 3 atom stereocenters. The number of hydrogen-bond acceptors (Lipinski definition) is 6. The number of ketones is 1. The first-order valence-electron chi connectivity index (χ1n) is 10.8. The minimum Gasteiger partial charge on any atom is -0.394 e. The summed E-state index contributed by atoms with van der Waals surface area (Å²) in [5.74, 6) is -0.221. The minimum atomic E-state index is -4.52. The van der Waals surface area contributed by atoms with Crippen molar-refractivity contribution in [3.8, 4) is 0 Å². The number of unbranched alkanes of at least 4 members (excludes halogenated alkanes) is 8. The van der Waals surface area contributed by atoms with Gasteiger partial charge in [-0.3, -0.25) is 13.8 Å². The molecule has 174 valence electrons. The molecule has 0 amide bonds. The van der Waals surface area contributed by atoms with Crippen molar-refractivity contribution in [1.29, 1.82) is 0 Å². The quantitative estimate of drug-likeness (QED) is 0.161. The summed E-state index contributed by atoms with van der Waals surface area (Å²) >= 11 is 0. The average Bonchev–Trinajstić information content (AvgIpc) is 2.62. The molecule has 0 bridgehead atoms. The summed E-state index contributed by atoms with van der Waals surface area (Å²) in [6, 6.07) is 0. The second-order valence-corrected chi connectivity index (χ2v) is 10.1. The van der Waals surface area contributed by atoms with Crippen LogP contribution in [0.1, 0.15) is 71.1 Å². The predicted octanol–water partition coefficient (Wildman–Crippen LogP) is 3.04. The van der Waals surface area contributed by atoms with Crippen LogP contribution < -0.4 is 0 Å².